The van der Waals surface area contributed by atoms with Crippen molar-refractivity contribution in [2.24, 2.45) is 29.1 Å². The molecule has 5 aliphatic rings. The maximum absolute atomic E-state index is 12.3. The molecule has 0 aromatic rings. The summed E-state index contributed by atoms with van der Waals surface area (Å²) in [7, 11) is 0. The van der Waals surface area contributed by atoms with E-state index in [0.29, 0.717) is 18.8 Å². The molecule has 4 fully saturated rings. The van der Waals surface area contributed by atoms with Gasteiger partial charge in [-0.2, -0.15) is 0 Å². The Balaban J connectivity index is 1.25. The van der Waals surface area contributed by atoms with Gasteiger partial charge in [0, 0.05) is 12.8 Å². The van der Waals surface area contributed by atoms with E-state index in [-0.39, 0.29) is 17.2 Å². The monoisotopic (exact) mass is 316 g/mol. The Labute approximate surface area is 138 Å². The van der Waals surface area contributed by atoms with Crippen molar-refractivity contribution in [2.45, 2.75) is 64.2 Å². The minimum atomic E-state index is -0.0691. The molecule has 4 bridgehead atoms. The van der Waals surface area contributed by atoms with Crippen molar-refractivity contribution in [1.29, 1.82) is 0 Å². The van der Waals surface area contributed by atoms with Crippen LogP contribution in [0.1, 0.15) is 64.2 Å². The van der Waals surface area contributed by atoms with Crippen LogP contribution >= 0.6 is 0 Å². The zero-order valence-corrected chi connectivity index (χ0v) is 13.9. The number of hydrogen-bond acceptors (Lipinski definition) is 2. The number of nitrogens with one attached hydrogen (secondary N) is 2. The molecule has 5 aliphatic carbocycles. The minimum absolute atomic E-state index is 0.00210. The highest BCUT2D eigenvalue weighted by Gasteiger charge is 2.51. The highest BCUT2D eigenvalue weighted by Crippen LogP contribution is 2.61. The van der Waals surface area contributed by atoms with Crippen molar-refractivity contribution in [3.05, 3.63) is 12.2 Å². The van der Waals surface area contributed by atoms with E-state index in [9.17, 15) is 9.59 Å². The third-order valence-corrected chi connectivity index (χ3v) is 6.60. The summed E-state index contributed by atoms with van der Waals surface area (Å²) in [6.07, 6.45) is 15.3. The molecule has 4 saturated carbocycles. The fraction of sp³-hybridized carbons (Fsp3) is 0.789. The van der Waals surface area contributed by atoms with Crippen molar-refractivity contribution in [2.75, 3.05) is 0 Å². The Morgan fingerprint density at radius 2 is 1.57 bits per heavy atom. The number of hydrogen-bond donors (Lipinski definition) is 2. The molecule has 4 nitrogen and oxygen atoms in total. The van der Waals surface area contributed by atoms with Crippen LogP contribution in [0.4, 0.5) is 0 Å². The van der Waals surface area contributed by atoms with Gasteiger partial charge in [0.2, 0.25) is 11.8 Å². The first kappa shape index (κ1) is 15.2. The predicted octanol–water partition coefficient (Wildman–Crippen LogP) is 3.10. The molecule has 5 rings (SSSR count). The fourth-order valence-electron chi connectivity index (χ4n) is 6.19. The molecular formula is C19H28N2O2. The van der Waals surface area contributed by atoms with E-state index in [1.807, 2.05) is 0 Å². The normalized spacial score (nSPS) is 40.3. The molecule has 23 heavy (non-hydrogen) atoms. The standard InChI is InChI=1S/C19H28N2O2/c22-17(8-13-3-1-2-4-13)20-21-18(23)12-19-9-14-5-15(10-19)7-16(6-14)11-19/h1,3,13-16H,2,4-12H2,(H,20,22)(H,21,23). The van der Waals surface area contributed by atoms with Gasteiger partial charge in [-0.25, -0.2) is 0 Å². The lowest BCUT2D eigenvalue weighted by Gasteiger charge is -2.56. The van der Waals surface area contributed by atoms with Crippen molar-refractivity contribution in [1.82, 2.24) is 10.9 Å². The lowest BCUT2D eigenvalue weighted by atomic mass is 9.49. The highest BCUT2D eigenvalue weighted by molar-refractivity contribution is 5.82. The lowest BCUT2D eigenvalue weighted by molar-refractivity contribution is -0.134. The molecule has 0 heterocycles. The molecule has 2 N–H and O–H groups in total. The molecule has 0 radical (unpaired) electrons. The molecular weight excluding hydrogens is 288 g/mol. The summed E-state index contributed by atoms with van der Waals surface area (Å²) in [6.45, 7) is 0. The van der Waals surface area contributed by atoms with E-state index in [1.165, 1.54) is 38.5 Å². The second-order valence-corrected chi connectivity index (χ2v) is 8.66. The second kappa shape index (κ2) is 5.95. The average molecular weight is 316 g/mol. The van der Waals surface area contributed by atoms with Gasteiger partial charge in [0.1, 0.15) is 0 Å². The summed E-state index contributed by atoms with van der Waals surface area (Å²) >= 11 is 0. The van der Waals surface area contributed by atoms with Gasteiger partial charge in [0.05, 0.1) is 0 Å². The average Bonchev–Trinajstić information content (AvgIpc) is 2.96. The summed E-state index contributed by atoms with van der Waals surface area (Å²) in [4.78, 5) is 24.2. The number of carbonyl (C=O) groups is 2. The van der Waals surface area contributed by atoms with Crippen LogP contribution in [0.15, 0.2) is 12.2 Å². The van der Waals surface area contributed by atoms with Gasteiger partial charge in [0.25, 0.3) is 0 Å². The second-order valence-electron chi connectivity index (χ2n) is 8.66. The van der Waals surface area contributed by atoms with E-state index in [0.717, 1.165) is 30.6 Å². The van der Waals surface area contributed by atoms with Gasteiger partial charge in [-0.15, -0.1) is 0 Å². The van der Waals surface area contributed by atoms with Crippen molar-refractivity contribution < 1.29 is 9.59 Å². The van der Waals surface area contributed by atoms with Gasteiger partial charge in [-0.05, 0) is 80.5 Å². The van der Waals surface area contributed by atoms with Crippen LogP contribution < -0.4 is 10.9 Å². The van der Waals surface area contributed by atoms with E-state index in [2.05, 4.69) is 23.0 Å². The first-order valence-corrected chi connectivity index (χ1v) is 9.35. The molecule has 0 aromatic carbocycles. The van der Waals surface area contributed by atoms with Gasteiger partial charge >= 0.3 is 0 Å². The molecule has 1 atom stereocenters. The third-order valence-electron chi connectivity index (χ3n) is 6.60. The molecule has 1 unspecified atom stereocenters. The number of rotatable bonds is 4. The SMILES string of the molecule is O=C(CC1C=CCC1)NNC(=O)CC12CC3CC(CC(C3)C1)C2. The summed E-state index contributed by atoms with van der Waals surface area (Å²) < 4.78 is 0. The summed E-state index contributed by atoms with van der Waals surface area (Å²) in [5.74, 6) is 2.85. The van der Waals surface area contributed by atoms with Gasteiger partial charge in [0.15, 0.2) is 0 Å². The van der Waals surface area contributed by atoms with Crippen molar-refractivity contribution in [3.63, 3.8) is 0 Å². The van der Waals surface area contributed by atoms with E-state index in [4.69, 9.17) is 0 Å². The predicted molar refractivity (Wildman–Crippen MR) is 88.0 cm³/mol. The zero-order chi connectivity index (χ0) is 15.9. The Bertz CT molecular complexity index is 490. The van der Waals surface area contributed by atoms with Crippen molar-refractivity contribution in [3.8, 4) is 0 Å². The fourth-order valence-corrected chi connectivity index (χ4v) is 6.19. The van der Waals surface area contributed by atoms with Crippen LogP contribution in [0, 0.1) is 29.1 Å². The smallest absolute Gasteiger partial charge is 0.238 e. The molecule has 2 amide bonds. The quantitative estimate of drug-likeness (QED) is 0.618. The van der Waals surface area contributed by atoms with Gasteiger partial charge in [-0.3, -0.25) is 20.4 Å². The summed E-state index contributed by atoms with van der Waals surface area (Å²) in [5.41, 5.74) is 5.52. The highest BCUT2D eigenvalue weighted by atomic mass is 16.2. The molecule has 0 saturated heterocycles. The number of amides is 2. The van der Waals surface area contributed by atoms with Crippen LogP contribution in [0.2, 0.25) is 0 Å². The maximum Gasteiger partial charge on any atom is 0.238 e. The topological polar surface area (TPSA) is 58.2 Å². The summed E-state index contributed by atoms with van der Waals surface area (Å²) in [6, 6.07) is 0. The Morgan fingerprint density at radius 3 is 2.13 bits per heavy atom. The van der Waals surface area contributed by atoms with Crippen LogP contribution in [0.5, 0.6) is 0 Å². The molecule has 126 valence electrons. The van der Waals surface area contributed by atoms with Crippen LogP contribution in [0.3, 0.4) is 0 Å². The Hall–Kier alpha value is -1.32. The van der Waals surface area contributed by atoms with Gasteiger partial charge < -0.3 is 0 Å². The molecule has 0 aromatic heterocycles. The summed E-state index contributed by atoms with van der Waals surface area (Å²) in [5, 5.41) is 0. The Morgan fingerprint density at radius 1 is 0.957 bits per heavy atom. The first-order chi connectivity index (χ1) is 11.1. The number of hydrazine groups is 1. The number of allylic oxidation sites excluding steroid dienone is 2. The van der Waals surface area contributed by atoms with Gasteiger partial charge in [-0.1, -0.05) is 12.2 Å². The first-order valence-electron chi connectivity index (χ1n) is 9.35. The Kier molecular flexibility index (Phi) is 3.94. The zero-order valence-electron chi connectivity index (χ0n) is 13.9. The van der Waals surface area contributed by atoms with Crippen LogP contribution in [-0.2, 0) is 9.59 Å². The van der Waals surface area contributed by atoms with E-state index < -0.39 is 0 Å². The van der Waals surface area contributed by atoms with E-state index >= 15 is 0 Å². The molecule has 4 heteroatoms. The molecule has 0 spiro atoms. The van der Waals surface area contributed by atoms with E-state index in [1.54, 1.807) is 0 Å². The minimum Gasteiger partial charge on any atom is -0.273 e. The maximum atomic E-state index is 12.3. The lowest BCUT2D eigenvalue weighted by Crippen LogP contribution is -2.50. The van der Waals surface area contributed by atoms with Crippen molar-refractivity contribution >= 4 is 11.8 Å². The third kappa shape index (κ3) is 3.31. The van der Waals surface area contributed by atoms with Crippen LogP contribution in [-0.4, -0.2) is 11.8 Å². The van der Waals surface area contributed by atoms with Crippen LogP contribution in [0.25, 0.3) is 0 Å². The molecule has 0 aliphatic heterocycles. The number of carbonyl (C=O) groups excluding carboxylic acids is 2. The largest absolute Gasteiger partial charge is 0.273 e.